The van der Waals surface area contributed by atoms with Crippen LogP contribution in [0.25, 0.3) is 0 Å². The topological polar surface area (TPSA) is 61.9 Å². The fourth-order valence-corrected chi connectivity index (χ4v) is 2.37. The summed E-state index contributed by atoms with van der Waals surface area (Å²) in [4.78, 5) is 18.1. The number of pyridine rings is 1. The highest BCUT2D eigenvalue weighted by atomic mass is 16.2. The first-order chi connectivity index (χ1) is 8.84. The normalized spacial score (nSPS) is 19.1. The Balaban J connectivity index is 1.71. The van der Waals surface area contributed by atoms with Crippen molar-refractivity contribution >= 4 is 5.91 Å². The fourth-order valence-electron chi connectivity index (χ4n) is 2.37. The summed E-state index contributed by atoms with van der Waals surface area (Å²) in [5.41, 5.74) is 1.82. The van der Waals surface area contributed by atoms with Crippen LogP contribution < -0.4 is 0 Å². The molecule has 1 N–H and O–H groups in total. The van der Waals surface area contributed by atoms with Crippen LogP contribution in [0.5, 0.6) is 0 Å². The van der Waals surface area contributed by atoms with Gasteiger partial charge < -0.3 is 4.90 Å². The summed E-state index contributed by atoms with van der Waals surface area (Å²) in [7, 11) is 0. The molecule has 18 heavy (non-hydrogen) atoms. The molecule has 0 aromatic carbocycles. The zero-order valence-corrected chi connectivity index (χ0v) is 9.91. The van der Waals surface area contributed by atoms with Crippen molar-refractivity contribution in [3.8, 4) is 0 Å². The molecule has 3 heterocycles. The maximum atomic E-state index is 12.2. The van der Waals surface area contributed by atoms with Crippen molar-refractivity contribution in [3.63, 3.8) is 0 Å². The second-order valence-electron chi connectivity index (χ2n) is 4.48. The predicted molar refractivity (Wildman–Crippen MR) is 66.1 cm³/mol. The zero-order valence-electron chi connectivity index (χ0n) is 9.91. The number of likely N-dealkylation sites (tertiary alicyclic amines) is 1. The van der Waals surface area contributed by atoms with Gasteiger partial charge in [0.05, 0.1) is 0 Å². The van der Waals surface area contributed by atoms with Crippen molar-refractivity contribution in [2.24, 2.45) is 0 Å². The summed E-state index contributed by atoms with van der Waals surface area (Å²) in [5, 5.41) is 6.94. The van der Waals surface area contributed by atoms with Crippen LogP contribution in [-0.2, 0) is 0 Å². The monoisotopic (exact) mass is 242 g/mol. The highest BCUT2D eigenvalue weighted by Crippen LogP contribution is 2.26. The first-order valence-corrected chi connectivity index (χ1v) is 6.03. The molecule has 1 amide bonds. The highest BCUT2D eigenvalue weighted by molar-refractivity contribution is 5.94. The van der Waals surface area contributed by atoms with Crippen molar-refractivity contribution in [3.05, 3.63) is 48.0 Å². The Morgan fingerprint density at radius 2 is 2.11 bits per heavy atom. The van der Waals surface area contributed by atoms with E-state index in [0.29, 0.717) is 11.5 Å². The van der Waals surface area contributed by atoms with Crippen LogP contribution in [0, 0.1) is 0 Å². The molecule has 0 bridgehead atoms. The Kier molecular flexibility index (Phi) is 2.80. The number of rotatable bonds is 2. The molecule has 1 aliphatic heterocycles. The molecule has 0 radical (unpaired) electrons. The van der Waals surface area contributed by atoms with Crippen LogP contribution in [-0.4, -0.2) is 39.1 Å². The smallest absolute Gasteiger partial charge is 0.253 e. The van der Waals surface area contributed by atoms with Gasteiger partial charge in [-0.25, -0.2) is 0 Å². The standard InChI is InChI=1S/C13H14N4O/c18-13(10-1-5-14-6-2-10)17-8-4-11(9-17)12-3-7-15-16-12/h1-3,5-7,11H,4,8-9H2,(H,15,16). The third-order valence-corrected chi connectivity index (χ3v) is 3.36. The molecule has 92 valence electrons. The van der Waals surface area contributed by atoms with Crippen LogP contribution >= 0.6 is 0 Å². The van der Waals surface area contributed by atoms with E-state index < -0.39 is 0 Å². The first-order valence-electron chi connectivity index (χ1n) is 6.03. The van der Waals surface area contributed by atoms with Crippen LogP contribution in [0.1, 0.15) is 28.4 Å². The molecule has 1 saturated heterocycles. The van der Waals surface area contributed by atoms with Gasteiger partial charge >= 0.3 is 0 Å². The summed E-state index contributed by atoms with van der Waals surface area (Å²) < 4.78 is 0. The minimum Gasteiger partial charge on any atom is -0.338 e. The van der Waals surface area contributed by atoms with E-state index in [1.807, 2.05) is 11.0 Å². The first kappa shape index (κ1) is 11.0. The minimum atomic E-state index is 0.0828. The number of nitrogens with one attached hydrogen (secondary N) is 1. The van der Waals surface area contributed by atoms with Crippen LogP contribution in [0.4, 0.5) is 0 Å². The Hall–Kier alpha value is -2.17. The number of carbonyl (C=O) groups is 1. The van der Waals surface area contributed by atoms with E-state index in [9.17, 15) is 4.79 Å². The van der Waals surface area contributed by atoms with Crippen molar-refractivity contribution in [1.29, 1.82) is 0 Å². The molecular formula is C13H14N4O. The number of amides is 1. The summed E-state index contributed by atoms with van der Waals surface area (Å²) in [6, 6.07) is 5.49. The van der Waals surface area contributed by atoms with Gasteiger partial charge in [0.25, 0.3) is 5.91 Å². The Labute approximate surface area is 105 Å². The molecule has 0 aliphatic carbocycles. The number of nitrogens with zero attached hydrogens (tertiary/aromatic N) is 3. The molecule has 1 unspecified atom stereocenters. The van der Waals surface area contributed by atoms with Gasteiger partial charge in [-0.05, 0) is 24.6 Å². The van der Waals surface area contributed by atoms with Gasteiger partial charge in [-0.2, -0.15) is 5.10 Å². The summed E-state index contributed by atoms with van der Waals surface area (Å²) in [6.07, 6.45) is 6.03. The van der Waals surface area contributed by atoms with Crippen LogP contribution in [0.2, 0.25) is 0 Å². The number of carbonyl (C=O) groups excluding carboxylic acids is 1. The lowest BCUT2D eigenvalue weighted by atomic mass is 10.1. The number of aromatic amines is 1. The molecule has 3 rings (SSSR count). The number of hydrogen-bond donors (Lipinski definition) is 1. The average Bonchev–Trinajstić information content (AvgIpc) is 3.09. The van der Waals surface area contributed by atoms with Crippen molar-refractivity contribution in [2.75, 3.05) is 13.1 Å². The zero-order chi connectivity index (χ0) is 12.4. The van der Waals surface area contributed by atoms with Crippen molar-refractivity contribution in [2.45, 2.75) is 12.3 Å². The van der Waals surface area contributed by atoms with E-state index >= 15 is 0 Å². The summed E-state index contributed by atoms with van der Waals surface area (Å²) >= 11 is 0. The van der Waals surface area contributed by atoms with Crippen LogP contribution in [0.3, 0.4) is 0 Å². The van der Waals surface area contributed by atoms with Gasteiger partial charge in [-0.3, -0.25) is 14.9 Å². The third-order valence-electron chi connectivity index (χ3n) is 3.36. The summed E-state index contributed by atoms with van der Waals surface area (Å²) in [6.45, 7) is 1.55. The fraction of sp³-hybridized carbons (Fsp3) is 0.308. The van der Waals surface area contributed by atoms with E-state index in [-0.39, 0.29) is 5.91 Å². The average molecular weight is 242 g/mol. The molecule has 1 fully saturated rings. The van der Waals surface area contributed by atoms with E-state index in [0.717, 1.165) is 25.2 Å². The van der Waals surface area contributed by atoms with Gasteiger partial charge in [0.2, 0.25) is 0 Å². The SMILES string of the molecule is O=C(c1ccncc1)N1CCC(c2ccn[nH]2)C1. The van der Waals surface area contributed by atoms with Gasteiger partial charge in [0.15, 0.2) is 0 Å². The molecule has 2 aromatic heterocycles. The number of aromatic nitrogens is 3. The maximum absolute atomic E-state index is 12.2. The highest BCUT2D eigenvalue weighted by Gasteiger charge is 2.28. The lowest BCUT2D eigenvalue weighted by Crippen LogP contribution is -2.28. The molecule has 0 spiro atoms. The Morgan fingerprint density at radius 1 is 1.28 bits per heavy atom. The Bertz CT molecular complexity index is 523. The largest absolute Gasteiger partial charge is 0.338 e. The Morgan fingerprint density at radius 3 is 2.83 bits per heavy atom. The number of H-pyrrole nitrogens is 1. The van der Waals surface area contributed by atoms with E-state index in [1.165, 1.54) is 0 Å². The molecule has 0 saturated carbocycles. The maximum Gasteiger partial charge on any atom is 0.253 e. The lowest BCUT2D eigenvalue weighted by Gasteiger charge is -2.16. The van der Waals surface area contributed by atoms with E-state index in [2.05, 4.69) is 15.2 Å². The molecule has 5 nitrogen and oxygen atoms in total. The van der Waals surface area contributed by atoms with Crippen LogP contribution in [0.15, 0.2) is 36.8 Å². The molecule has 1 aliphatic rings. The molecule has 5 heteroatoms. The van der Waals surface area contributed by atoms with E-state index in [1.54, 1.807) is 30.7 Å². The van der Waals surface area contributed by atoms with Crippen molar-refractivity contribution in [1.82, 2.24) is 20.1 Å². The van der Waals surface area contributed by atoms with E-state index in [4.69, 9.17) is 0 Å². The lowest BCUT2D eigenvalue weighted by molar-refractivity contribution is 0.0790. The van der Waals surface area contributed by atoms with Gasteiger partial charge in [0, 0.05) is 48.9 Å². The molecule has 2 aromatic rings. The van der Waals surface area contributed by atoms with Gasteiger partial charge in [-0.1, -0.05) is 0 Å². The molecular weight excluding hydrogens is 228 g/mol. The van der Waals surface area contributed by atoms with Gasteiger partial charge in [0.1, 0.15) is 0 Å². The van der Waals surface area contributed by atoms with Crippen molar-refractivity contribution < 1.29 is 4.79 Å². The second-order valence-corrected chi connectivity index (χ2v) is 4.48. The summed E-state index contributed by atoms with van der Waals surface area (Å²) in [5.74, 6) is 0.456. The predicted octanol–water partition coefficient (Wildman–Crippen LogP) is 1.43. The third kappa shape index (κ3) is 1.99. The van der Waals surface area contributed by atoms with Gasteiger partial charge in [-0.15, -0.1) is 0 Å². The second kappa shape index (κ2) is 4.60. The molecule has 1 atom stereocenters. The number of hydrogen-bond acceptors (Lipinski definition) is 3. The quantitative estimate of drug-likeness (QED) is 0.866. The minimum absolute atomic E-state index is 0.0828.